The molecule has 0 aromatic heterocycles. The number of rotatable bonds is 9. The molecular weight excluding hydrogens is 572 g/mol. The fourth-order valence-electron chi connectivity index (χ4n) is 7.69. The smallest absolute Gasteiger partial charge is 0.250 e. The van der Waals surface area contributed by atoms with Crippen LogP contribution in [0.25, 0.3) is 0 Å². The van der Waals surface area contributed by atoms with Gasteiger partial charge in [0.15, 0.2) is 9.84 Å². The molecule has 0 N–H and O–H groups in total. The van der Waals surface area contributed by atoms with Crippen molar-refractivity contribution < 1.29 is 18.0 Å². The molecule has 0 bridgehead atoms. The number of carbonyl (C=O) groups excluding carboxylic acids is 2. The van der Waals surface area contributed by atoms with Crippen molar-refractivity contribution in [2.45, 2.75) is 55.4 Å². The van der Waals surface area contributed by atoms with Crippen molar-refractivity contribution in [3.8, 4) is 0 Å². The number of hydrogen-bond acceptors (Lipinski definition) is 6. The standard InChI is InChI=1S/C35H40N4O4S/c1-44(42,43)25-28-10-7-9-27(23-28)24-37-26-39(29-11-3-2-4-12-29)35(33(37)41)17-21-36(22-18-35)19-8-20-38-31-14-6-5-13-30(31)34(15-16-34)32(38)40/h2-7,9-14,23H,8,15-22,24-26H2,1H3. The largest absolute Gasteiger partial charge is 0.339 e. The third kappa shape index (κ3) is 5.20. The van der Waals surface area contributed by atoms with Gasteiger partial charge >= 0.3 is 0 Å². The number of carbonyl (C=O) groups is 2. The van der Waals surface area contributed by atoms with Crippen LogP contribution in [0.15, 0.2) is 78.9 Å². The summed E-state index contributed by atoms with van der Waals surface area (Å²) >= 11 is 0. The van der Waals surface area contributed by atoms with Gasteiger partial charge in [-0.25, -0.2) is 8.42 Å². The molecule has 1 saturated carbocycles. The van der Waals surface area contributed by atoms with Gasteiger partial charge in [0.25, 0.3) is 0 Å². The monoisotopic (exact) mass is 612 g/mol. The highest BCUT2D eigenvalue weighted by atomic mass is 32.2. The highest BCUT2D eigenvalue weighted by Gasteiger charge is 2.59. The number of amides is 2. The van der Waals surface area contributed by atoms with Crippen molar-refractivity contribution >= 4 is 33.0 Å². The van der Waals surface area contributed by atoms with E-state index in [1.807, 2.05) is 64.4 Å². The normalized spacial score (nSPS) is 20.6. The summed E-state index contributed by atoms with van der Waals surface area (Å²) in [7, 11) is -3.15. The number of nitrogens with zero attached hydrogens (tertiary/aromatic N) is 4. The zero-order valence-electron chi connectivity index (χ0n) is 25.3. The van der Waals surface area contributed by atoms with Crippen molar-refractivity contribution in [1.29, 1.82) is 0 Å². The predicted molar refractivity (Wildman–Crippen MR) is 172 cm³/mol. The molecule has 2 spiro atoms. The lowest BCUT2D eigenvalue weighted by molar-refractivity contribution is -0.134. The van der Waals surface area contributed by atoms with Gasteiger partial charge in [0.1, 0.15) is 5.54 Å². The molecule has 4 aliphatic rings. The molecule has 3 aliphatic heterocycles. The summed E-state index contributed by atoms with van der Waals surface area (Å²) in [5.74, 6) is 0.404. The summed E-state index contributed by atoms with van der Waals surface area (Å²) in [6, 6.07) is 26.0. The summed E-state index contributed by atoms with van der Waals surface area (Å²) in [5.41, 5.74) is 4.16. The molecule has 8 nitrogen and oxygen atoms in total. The zero-order chi connectivity index (χ0) is 30.5. The minimum Gasteiger partial charge on any atom is -0.339 e. The van der Waals surface area contributed by atoms with Crippen molar-refractivity contribution in [3.05, 3.63) is 95.6 Å². The Morgan fingerprint density at radius 3 is 2.20 bits per heavy atom. The molecule has 230 valence electrons. The Kier molecular flexibility index (Phi) is 7.28. The average Bonchev–Trinajstić information content (AvgIpc) is 3.74. The lowest BCUT2D eigenvalue weighted by Gasteiger charge is -2.43. The molecule has 2 amide bonds. The minimum atomic E-state index is -3.15. The zero-order valence-corrected chi connectivity index (χ0v) is 26.1. The second-order valence-corrected chi connectivity index (χ2v) is 15.2. The van der Waals surface area contributed by atoms with Crippen LogP contribution in [0, 0.1) is 0 Å². The van der Waals surface area contributed by atoms with Crippen molar-refractivity contribution in [3.63, 3.8) is 0 Å². The first-order valence-corrected chi connectivity index (χ1v) is 17.8. The second kappa shape index (κ2) is 11.0. The lowest BCUT2D eigenvalue weighted by atomic mass is 9.85. The summed E-state index contributed by atoms with van der Waals surface area (Å²) in [6.07, 6.45) is 5.53. The maximum Gasteiger partial charge on any atom is 0.250 e. The van der Waals surface area contributed by atoms with E-state index in [9.17, 15) is 18.0 Å². The summed E-state index contributed by atoms with van der Waals surface area (Å²) in [5, 5.41) is 0. The summed E-state index contributed by atoms with van der Waals surface area (Å²) < 4.78 is 23.7. The van der Waals surface area contributed by atoms with Gasteiger partial charge in [-0.05, 0) is 73.5 Å². The number of hydrogen-bond donors (Lipinski definition) is 0. The fourth-order valence-corrected chi connectivity index (χ4v) is 8.47. The number of para-hydroxylation sites is 2. The lowest BCUT2D eigenvalue weighted by Crippen LogP contribution is -2.56. The number of piperidine rings is 1. The van der Waals surface area contributed by atoms with Crippen LogP contribution in [-0.2, 0) is 37.1 Å². The molecule has 44 heavy (non-hydrogen) atoms. The SMILES string of the molecule is CS(=O)(=O)Cc1cccc(CN2CN(c3ccccc3)C3(CCN(CCCN4C(=O)C5(CC5)c5ccccc54)CC3)C2=O)c1. The molecule has 0 radical (unpaired) electrons. The molecule has 1 aliphatic carbocycles. The summed E-state index contributed by atoms with van der Waals surface area (Å²) in [4.78, 5) is 36.2. The van der Waals surface area contributed by atoms with Gasteiger partial charge in [0.05, 0.1) is 17.8 Å². The maximum atomic E-state index is 14.2. The predicted octanol–water partition coefficient (Wildman–Crippen LogP) is 4.34. The molecule has 9 heteroatoms. The Labute approximate surface area is 260 Å². The molecule has 0 unspecified atom stereocenters. The van der Waals surface area contributed by atoms with E-state index in [1.54, 1.807) is 0 Å². The maximum absolute atomic E-state index is 14.2. The van der Waals surface area contributed by atoms with E-state index in [1.165, 1.54) is 11.8 Å². The Balaban J connectivity index is 1.02. The Hall–Kier alpha value is -3.69. The van der Waals surface area contributed by atoms with Gasteiger partial charge in [-0.1, -0.05) is 60.7 Å². The quantitative estimate of drug-likeness (QED) is 0.358. The van der Waals surface area contributed by atoms with Crippen LogP contribution in [-0.4, -0.2) is 74.7 Å². The molecule has 2 saturated heterocycles. The van der Waals surface area contributed by atoms with E-state index in [-0.39, 0.29) is 23.0 Å². The minimum absolute atomic E-state index is 0.00992. The van der Waals surface area contributed by atoms with Crippen LogP contribution in [0.2, 0.25) is 0 Å². The van der Waals surface area contributed by atoms with Crippen LogP contribution < -0.4 is 9.80 Å². The van der Waals surface area contributed by atoms with Gasteiger partial charge < -0.3 is 19.6 Å². The van der Waals surface area contributed by atoms with Crippen molar-refractivity contribution in [2.75, 3.05) is 48.9 Å². The molecule has 3 fully saturated rings. The molecule has 3 aromatic rings. The summed E-state index contributed by atoms with van der Waals surface area (Å²) in [6.45, 7) is 4.20. The highest BCUT2D eigenvalue weighted by Crippen LogP contribution is 2.57. The highest BCUT2D eigenvalue weighted by molar-refractivity contribution is 7.89. The van der Waals surface area contributed by atoms with Gasteiger partial charge in [-0.15, -0.1) is 0 Å². The average molecular weight is 613 g/mol. The number of sulfone groups is 1. The third-order valence-corrected chi connectivity index (χ3v) is 10.9. The topological polar surface area (TPSA) is 81.2 Å². The number of fused-ring (bicyclic) bond motifs is 2. The van der Waals surface area contributed by atoms with Gasteiger partial charge in [-0.2, -0.15) is 0 Å². The van der Waals surface area contributed by atoms with Crippen molar-refractivity contribution in [2.24, 2.45) is 0 Å². The first-order valence-electron chi connectivity index (χ1n) is 15.7. The van der Waals surface area contributed by atoms with Crippen molar-refractivity contribution in [1.82, 2.24) is 9.80 Å². The van der Waals surface area contributed by atoms with Crippen LogP contribution in [0.4, 0.5) is 11.4 Å². The number of likely N-dealkylation sites (tertiary alicyclic amines) is 1. The molecule has 3 aromatic carbocycles. The van der Waals surface area contributed by atoms with Gasteiger partial charge in [0.2, 0.25) is 11.8 Å². The second-order valence-electron chi connectivity index (χ2n) is 13.1. The van der Waals surface area contributed by atoms with E-state index in [0.717, 1.165) is 80.8 Å². The molecule has 7 rings (SSSR count). The van der Waals surface area contributed by atoms with Crippen LogP contribution in [0.5, 0.6) is 0 Å². The number of anilines is 2. The van der Waals surface area contributed by atoms with Gasteiger partial charge in [-0.3, -0.25) is 9.59 Å². The fraction of sp³-hybridized carbons (Fsp3) is 0.429. The van der Waals surface area contributed by atoms with Crippen LogP contribution >= 0.6 is 0 Å². The first-order chi connectivity index (χ1) is 21.2. The van der Waals surface area contributed by atoms with Crippen LogP contribution in [0.3, 0.4) is 0 Å². The van der Waals surface area contributed by atoms with E-state index < -0.39 is 15.4 Å². The Morgan fingerprint density at radius 2 is 1.48 bits per heavy atom. The molecule has 0 atom stereocenters. The molecule has 3 heterocycles. The molecular formula is C35H40N4O4S. The Bertz CT molecular complexity index is 1680. The van der Waals surface area contributed by atoms with E-state index >= 15 is 0 Å². The van der Waals surface area contributed by atoms with Crippen LogP contribution in [0.1, 0.15) is 48.8 Å². The van der Waals surface area contributed by atoms with E-state index in [4.69, 9.17) is 0 Å². The first kappa shape index (κ1) is 29.0. The third-order valence-electron chi connectivity index (χ3n) is 10.0. The number of benzene rings is 3. The van der Waals surface area contributed by atoms with E-state index in [2.05, 4.69) is 34.1 Å². The Morgan fingerprint density at radius 1 is 0.773 bits per heavy atom. The van der Waals surface area contributed by atoms with Gasteiger partial charge in [0, 0.05) is 43.8 Å². The van der Waals surface area contributed by atoms with E-state index in [0.29, 0.717) is 13.2 Å².